The summed E-state index contributed by atoms with van der Waals surface area (Å²) in [5.41, 5.74) is 5.91. The third-order valence-corrected chi connectivity index (χ3v) is 3.42. The average molecular weight is 294 g/mol. The van der Waals surface area contributed by atoms with Gasteiger partial charge in [-0.05, 0) is 23.6 Å². The van der Waals surface area contributed by atoms with Gasteiger partial charge in [0.15, 0.2) is 0 Å². The number of nitrogens with one attached hydrogen (secondary N) is 1. The molecule has 1 heterocycles. The molecule has 1 aromatic carbocycles. The molecule has 0 aliphatic carbocycles. The monoisotopic (exact) mass is 294 g/mol. The molecule has 0 radical (unpaired) electrons. The summed E-state index contributed by atoms with van der Waals surface area (Å²) in [7, 11) is 0. The van der Waals surface area contributed by atoms with Crippen LogP contribution in [-0.2, 0) is 0 Å². The molecular formula is C16H14N4O2. The van der Waals surface area contributed by atoms with Gasteiger partial charge in [-0.2, -0.15) is 10.5 Å². The zero-order valence-corrected chi connectivity index (χ0v) is 12.1. The largest absolute Gasteiger partial charge is 0.507 e. The molecule has 0 fully saturated rings. The molecule has 0 aliphatic heterocycles. The first-order valence-electron chi connectivity index (χ1n) is 6.60. The predicted molar refractivity (Wildman–Crippen MR) is 82.1 cm³/mol. The quantitative estimate of drug-likeness (QED) is 0.782. The molecule has 0 amide bonds. The molecule has 22 heavy (non-hydrogen) atoms. The van der Waals surface area contributed by atoms with Crippen LogP contribution in [-0.4, -0.2) is 10.1 Å². The van der Waals surface area contributed by atoms with Gasteiger partial charge in [-0.15, -0.1) is 0 Å². The summed E-state index contributed by atoms with van der Waals surface area (Å²) >= 11 is 0. The Hall–Kier alpha value is -3.25. The Kier molecular flexibility index (Phi) is 3.87. The number of nitriles is 2. The van der Waals surface area contributed by atoms with E-state index < -0.39 is 5.56 Å². The maximum absolute atomic E-state index is 11.9. The predicted octanol–water partition coefficient (Wildman–Crippen LogP) is 2.20. The van der Waals surface area contributed by atoms with Gasteiger partial charge in [0, 0.05) is 11.1 Å². The van der Waals surface area contributed by atoms with E-state index >= 15 is 0 Å². The smallest absolute Gasteiger partial charge is 0.268 e. The highest BCUT2D eigenvalue weighted by molar-refractivity contribution is 5.83. The minimum atomic E-state index is -0.691. The van der Waals surface area contributed by atoms with Crippen molar-refractivity contribution >= 4 is 5.82 Å². The minimum absolute atomic E-state index is 0.0349. The highest BCUT2D eigenvalue weighted by Crippen LogP contribution is 2.36. The average Bonchev–Trinajstić information content (AvgIpc) is 2.47. The van der Waals surface area contributed by atoms with E-state index in [0.717, 1.165) is 5.56 Å². The molecular weight excluding hydrogens is 280 g/mol. The molecule has 4 N–H and O–H groups in total. The number of aromatic amines is 1. The van der Waals surface area contributed by atoms with E-state index in [1.807, 2.05) is 19.9 Å². The normalized spacial score (nSPS) is 10.2. The number of H-pyrrole nitrogens is 1. The Morgan fingerprint density at radius 2 is 1.86 bits per heavy atom. The summed E-state index contributed by atoms with van der Waals surface area (Å²) in [5.74, 6) is -0.0759. The van der Waals surface area contributed by atoms with E-state index in [0.29, 0.717) is 0 Å². The lowest BCUT2D eigenvalue weighted by Gasteiger charge is -2.13. The van der Waals surface area contributed by atoms with Crippen molar-refractivity contribution in [2.45, 2.75) is 19.8 Å². The fourth-order valence-electron chi connectivity index (χ4n) is 2.23. The van der Waals surface area contributed by atoms with Crippen LogP contribution in [0.15, 0.2) is 23.0 Å². The molecule has 0 aliphatic rings. The maximum atomic E-state index is 11.9. The van der Waals surface area contributed by atoms with Crippen LogP contribution in [0, 0.1) is 22.7 Å². The van der Waals surface area contributed by atoms with Crippen LogP contribution in [0.1, 0.15) is 36.5 Å². The Balaban J connectivity index is 2.95. The number of benzene rings is 1. The second-order valence-corrected chi connectivity index (χ2v) is 5.15. The fraction of sp³-hybridized carbons (Fsp3) is 0.188. The number of nitrogens with two attached hydrogens (primary N) is 1. The molecule has 2 aromatic rings. The summed E-state index contributed by atoms with van der Waals surface area (Å²) in [5, 5.41) is 28.7. The van der Waals surface area contributed by atoms with Crippen LogP contribution in [0.3, 0.4) is 0 Å². The summed E-state index contributed by atoms with van der Waals surface area (Å²) < 4.78 is 0. The molecule has 0 bridgehead atoms. The number of pyridine rings is 1. The molecule has 0 saturated heterocycles. The third-order valence-electron chi connectivity index (χ3n) is 3.42. The van der Waals surface area contributed by atoms with Crippen molar-refractivity contribution in [1.29, 1.82) is 10.5 Å². The Morgan fingerprint density at radius 1 is 1.23 bits per heavy atom. The van der Waals surface area contributed by atoms with E-state index in [2.05, 4.69) is 4.98 Å². The molecule has 0 saturated carbocycles. The number of aromatic hydroxyl groups is 1. The van der Waals surface area contributed by atoms with Gasteiger partial charge >= 0.3 is 0 Å². The van der Waals surface area contributed by atoms with Crippen LogP contribution in [0.5, 0.6) is 5.75 Å². The van der Waals surface area contributed by atoms with E-state index in [-0.39, 0.29) is 39.7 Å². The number of phenols is 1. The number of aromatic nitrogens is 1. The van der Waals surface area contributed by atoms with E-state index in [9.17, 15) is 20.4 Å². The molecule has 0 spiro atoms. The van der Waals surface area contributed by atoms with Gasteiger partial charge in [0.05, 0.1) is 0 Å². The molecule has 6 nitrogen and oxygen atoms in total. The lowest BCUT2D eigenvalue weighted by molar-refractivity contribution is 0.477. The van der Waals surface area contributed by atoms with Gasteiger partial charge in [-0.3, -0.25) is 4.79 Å². The van der Waals surface area contributed by atoms with Crippen LogP contribution in [0.2, 0.25) is 0 Å². The van der Waals surface area contributed by atoms with Crippen molar-refractivity contribution in [2.75, 3.05) is 5.73 Å². The molecule has 0 atom stereocenters. The zero-order valence-electron chi connectivity index (χ0n) is 12.1. The number of hydrogen-bond donors (Lipinski definition) is 3. The van der Waals surface area contributed by atoms with E-state index in [1.165, 1.54) is 6.07 Å². The highest BCUT2D eigenvalue weighted by atomic mass is 16.3. The fourth-order valence-corrected chi connectivity index (χ4v) is 2.23. The number of hydrogen-bond acceptors (Lipinski definition) is 5. The van der Waals surface area contributed by atoms with Gasteiger partial charge in [0.1, 0.15) is 34.8 Å². The number of nitrogen functional groups attached to an aromatic ring is 1. The van der Waals surface area contributed by atoms with Crippen molar-refractivity contribution in [3.05, 3.63) is 45.2 Å². The van der Waals surface area contributed by atoms with Crippen LogP contribution < -0.4 is 11.3 Å². The highest BCUT2D eigenvalue weighted by Gasteiger charge is 2.21. The van der Waals surface area contributed by atoms with Crippen molar-refractivity contribution < 1.29 is 5.11 Å². The van der Waals surface area contributed by atoms with Crippen LogP contribution >= 0.6 is 0 Å². The Morgan fingerprint density at radius 3 is 2.41 bits per heavy atom. The first-order chi connectivity index (χ1) is 10.4. The standard InChI is InChI=1S/C16H14N4O2/c1-8(2)9-3-4-13(21)10(5-9)14-11(6-17)15(19)20-16(22)12(14)7-18/h3-5,8,21H,1-2H3,(H3,19,20,22). The second-order valence-electron chi connectivity index (χ2n) is 5.15. The molecule has 1 aromatic heterocycles. The molecule has 0 unspecified atom stereocenters. The summed E-state index contributed by atoms with van der Waals surface area (Å²) in [6.45, 7) is 3.94. The van der Waals surface area contributed by atoms with Crippen LogP contribution in [0.4, 0.5) is 5.82 Å². The first kappa shape index (κ1) is 15.1. The molecule has 2 rings (SSSR count). The van der Waals surface area contributed by atoms with Gasteiger partial charge < -0.3 is 15.8 Å². The Labute approximate surface area is 127 Å². The lowest BCUT2D eigenvalue weighted by atomic mass is 9.92. The lowest BCUT2D eigenvalue weighted by Crippen LogP contribution is -2.16. The number of anilines is 1. The first-order valence-corrected chi connectivity index (χ1v) is 6.60. The topological polar surface area (TPSA) is 127 Å². The van der Waals surface area contributed by atoms with Crippen molar-refractivity contribution in [2.24, 2.45) is 0 Å². The van der Waals surface area contributed by atoms with Gasteiger partial charge in [0.2, 0.25) is 0 Å². The number of phenolic OH excluding ortho intramolecular Hbond substituents is 1. The molecule has 6 heteroatoms. The van der Waals surface area contributed by atoms with Gasteiger partial charge in [0.25, 0.3) is 5.56 Å². The summed E-state index contributed by atoms with van der Waals surface area (Å²) in [6.07, 6.45) is 0. The maximum Gasteiger partial charge on any atom is 0.268 e. The third kappa shape index (κ3) is 2.38. The second kappa shape index (κ2) is 5.63. The SMILES string of the molecule is CC(C)c1ccc(O)c(-c2c(C#N)c(N)[nH]c(=O)c2C#N)c1. The minimum Gasteiger partial charge on any atom is -0.507 e. The van der Waals surface area contributed by atoms with E-state index in [1.54, 1.807) is 18.2 Å². The zero-order chi connectivity index (χ0) is 16.4. The van der Waals surface area contributed by atoms with Crippen molar-refractivity contribution in [3.8, 4) is 29.0 Å². The molecule has 110 valence electrons. The van der Waals surface area contributed by atoms with Crippen molar-refractivity contribution in [1.82, 2.24) is 4.98 Å². The van der Waals surface area contributed by atoms with Gasteiger partial charge in [-0.1, -0.05) is 19.9 Å². The van der Waals surface area contributed by atoms with Crippen molar-refractivity contribution in [3.63, 3.8) is 0 Å². The summed E-state index contributed by atoms with van der Waals surface area (Å²) in [6, 6.07) is 8.55. The van der Waals surface area contributed by atoms with E-state index in [4.69, 9.17) is 5.73 Å². The summed E-state index contributed by atoms with van der Waals surface area (Å²) in [4.78, 5) is 14.2. The number of nitrogens with zero attached hydrogens (tertiary/aromatic N) is 2. The number of rotatable bonds is 2. The van der Waals surface area contributed by atoms with Crippen LogP contribution in [0.25, 0.3) is 11.1 Å². The Bertz CT molecular complexity index is 883. The van der Waals surface area contributed by atoms with Gasteiger partial charge in [-0.25, -0.2) is 0 Å².